The Kier molecular flexibility index (Phi) is 5.60. The van der Waals surface area contributed by atoms with E-state index in [9.17, 15) is 4.21 Å². The van der Waals surface area contributed by atoms with Crippen molar-refractivity contribution < 1.29 is 13.7 Å². The third kappa shape index (κ3) is 4.45. The number of nitrogens with zero attached hydrogens (tertiary/aromatic N) is 5. The van der Waals surface area contributed by atoms with Gasteiger partial charge in [-0.05, 0) is 19.1 Å². The summed E-state index contributed by atoms with van der Waals surface area (Å²) in [4.78, 5) is 15.4. The largest absolute Gasteiger partial charge is 0.384 e. The average Bonchev–Trinajstić information content (AvgIpc) is 2.58. The van der Waals surface area contributed by atoms with E-state index >= 15 is 0 Å². The number of pyridine rings is 1. The number of aromatic nitrogens is 3. The molecule has 0 aromatic carbocycles. The van der Waals surface area contributed by atoms with Crippen molar-refractivity contribution in [3.8, 4) is 11.4 Å². The molecule has 0 saturated carbocycles. The second-order valence-electron chi connectivity index (χ2n) is 7.24. The van der Waals surface area contributed by atoms with Gasteiger partial charge in [-0.15, -0.1) is 0 Å². The highest BCUT2D eigenvalue weighted by atomic mass is 35.5. The van der Waals surface area contributed by atoms with Crippen LogP contribution in [0.15, 0.2) is 22.6 Å². The van der Waals surface area contributed by atoms with Crippen molar-refractivity contribution in [3.05, 3.63) is 23.4 Å². The lowest BCUT2D eigenvalue weighted by atomic mass is 10.2. The Morgan fingerprint density at radius 3 is 2.66 bits per heavy atom. The molecule has 2 aliphatic heterocycles. The normalized spacial score (nSPS) is 22.0. The molecule has 2 fully saturated rings. The molecule has 2 aromatic heterocycles. The maximum absolute atomic E-state index is 13.1. The standard InChI is InChI=1S/C18H23ClN6O3S/c1-11-8-27-4-3-25(11)17-7-16(24-29(2,26)13-9-28-10-13)22-18(23-17)12-5-14(19)21-15(20)6-12/h5-7,11,13H,3-4,8-10H2,1-2H3,(H2,20,21)/t11-,29+/m1/s1. The highest BCUT2D eigenvalue weighted by Gasteiger charge is 2.28. The molecular weight excluding hydrogens is 416 g/mol. The van der Waals surface area contributed by atoms with Gasteiger partial charge in [0.15, 0.2) is 11.6 Å². The number of nitrogen functional groups attached to an aromatic ring is 1. The van der Waals surface area contributed by atoms with Crippen molar-refractivity contribution in [1.82, 2.24) is 15.0 Å². The third-order valence-electron chi connectivity index (χ3n) is 4.93. The molecule has 11 heteroatoms. The predicted molar refractivity (Wildman–Crippen MR) is 113 cm³/mol. The first-order chi connectivity index (χ1) is 13.8. The Morgan fingerprint density at radius 1 is 1.21 bits per heavy atom. The molecule has 0 radical (unpaired) electrons. The minimum absolute atomic E-state index is 0.0994. The molecule has 4 rings (SSSR count). The van der Waals surface area contributed by atoms with Crippen LogP contribution < -0.4 is 10.6 Å². The van der Waals surface area contributed by atoms with Crippen molar-refractivity contribution in [2.24, 2.45) is 4.36 Å². The summed E-state index contributed by atoms with van der Waals surface area (Å²) < 4.78 is 28.3. The zero-order valence-corrected chi connectivity index (χ0v) is 17.8. The highest BCUT2D eigenvalue weighted by Crippen LogP contribution is 2.29. The average molecular weight is 439 g/mol. The molecule has 0 bridgehead atoms. The number of morpholine rings is 1. The van der Waals surface area contributed by atoms with E-state index in [0.29, 0.717) is 56.0 Å². The maximum Gasteiger partial charge on any atom is 0.167 e. The Balaban J connectivity index is 1.83. The number of anilines is 2. The maximum atomic E-state index is 13.1. The fraction of sp³-hybridized carbons (Fsp3) is 0.500. The van der Waals surface area contributed by atoms with E-state index in [1.807, 2.05) is 0 Å². The van der Waals surface area contributed by atoms with Gasteiger partial charge in [0, 0.05) is 24.4 Å². The predicted octanol–water partition coefficient (Wildman–Crippen LogP) is 2.13. The first-order valence-electron chi connectivity index (χ1n) is 9.27. The molecule has 29 heavy (non-hydrogen) atoms. The summed E-state index contributed by atoms with van der Waals surface area (Å²) in [6.45, 7) is 4.85. The molecule has 9 nitrogen and oxygen atoms in total. The SMILES string of the molecule is C[C@@H]1COCCN1c1cc(N=[S@@](C)(=O)C2COC2)nc(-c2cc(N)nc(Cl)c2)n1. The fourth-order valence-corrected chi connectivity index (χ4v) is 4.71. The van der Waals surface area contributed by atoms with Crippen LogP contribution in [0.2, 0.25) is 5.15 Å². The summed E-state index contributed by atoms with van der Waals surface area (Å²) in [6.07, 6.45) is 1.64. The van der Waals surface area contributed by atoms with Gasteiger partial charge in [-0.2, -0.15) is 4.36 Å². The summed E-state index contributed by atoms with van der Waals surface area (Å²) in [7, 11) is -2.50. The van der Waals surface area contributed by atoms with Gasteiger partial charge in [0.25, 0.3) is 0 Å². The Morgan fingerprint density at radius 2 is 2.00 bits per heavy atom. The van der Waals surface area contributed by atoms with E-state index in [4.69, 9.17) is 31.8 Å². The lowest BCUT2D eigenvalue weighted by Crippen LogP contribution is -2.44. The number of nitrogens with two attached hydrogens (primary N) is 1. The second kappa shape index (κ2) is 8.02. The van der Waals surface area contributed by atoms with E-state index in [-0.39, 0.29) is 22.3 Å². The number of halogens is 1. The van der Waals surface area contributed by atoms with Gasteiger partial charge in [0.05, 0.1) is 47.4 Å². The summed E-state index contributed by atoms with van der Waals surface area (Å²) >= 11 is 6.07. The molecule has 0 spiro atoms. The number of hydrogen-bond donors (Lipinski definition) is 1. The number of rotatable bonds is 4. The number of ether oxygens (including phenoxy) is 2. The topological polar surface area (TPSA) is 116 Å². The van der Waals surface area contributed by atoms with E-state index in [1.54, 1.807) is 24.5 Å². The molecule has 2 atom stereocenters. The van der Waals surface area contributed by atoms with Crippen molar-refractivity contribution in [1.29, 1.82) is 0 Å². The fourth-order valence-electron chi connectivity index (χ4n) is 3.19. The molecule has 4 heterocycles. The molecule has 156 valence electrons. The van der Waals surface area contributed by atoms with Crippen molar-refractivity contribution >= 4 is 38.8 Å². The molecule has 0 amide bonds. The Hall–Kier alpha value is -2.01. The summed E-state index contributed by atoms with van der Waals surface area (Å²) in [5, 5.41) is 0.149. The number of hydrogen-bond acceptors (Lipinski definition) is 9. The van der Waals surface area contributed by atoms with E-state index in [2.05, 4.69) is 26.2 Å². The lowest BCUT2D eigenvalue weighted by molar-refractivity contribution is 0.0431. The van der Waals surface area contributed by atoms with Crippen LogP contribution in [0.4, 0.5) is 17.5 Å². The van der Waals surface area contributed by atoms with Crippen LogP contribution in [0.1, 0.15) is 6.92 Å². The third-order valence-corrected chi connectivity index (χ3v) is 7.19. The monoisotopic (exact) mass is 438 g/mol. The zero-order valence-electron chi connectivity index (χ0n) is 16.2. The molecule has 2 N–H and O–H groups in total. The first-order valence-corrected chi connectivity index (χ1v) is 11.6. The van der Waals surface area contributed by atoms with Crippen LogP contribution in [0.25, 0.3) is 11.4 Å². The van der Waals surface area contributed by atoms with Gasteiger partial charge in [-0.3, -0.25) is 0 Å². The summed E-state index contributed by atoms with van der Waals surface area (Å²) in [5.74, 6) is 1.72. The summed E-state index contributed by atoms with van der Waals surface area (Å²) in [5.41, 5.74) is 6.47. The summed E-state index contributed by atoms with van der Waals surface area (Å²) in [6, 6.07) is 5.20. The van der Waals surface area contributed by atoms with Gasteiger partial charge >= 0.3 is 0 Å². The van der Waals surface area contributed by atoms with E-state index < -0.39 is 9.73 Å². The van der Waals surface area contributed by atoms with Gasteiger partial charge in [-0.25, -0.2) is 19.2 Å². The first kappa shape index (κ1) is 20.3. The molecule has 0 unspecified atom stereocenters. The minimum atomic E-state index is -2.50. The van der Waals surface area contributed by atoms with Gasteiger partial charge in [-0.1, -0.05) is 11.6 Å². The molecule has 2 aliphatic rings. The molecule has 2 saturated heterocycles. The van der Waals surface area contributed by atoms with Crippen LogP contribution in [0.5, 0.6) is 0 Å². The van der Waals surface area contributed by atoms with Gasteiger partial charge in [0.1, 0.15) is 16.8 Å². The second-order valence-corrected chi connectivity index (χ2v) is 10.2. The quantitative estimate of drug-likeness (QED) is 0.721. The van der Waals surface area contributed by atoms with Crippen molar-refractivity contribution in [2.45, 2.75) is 18.2 Å². The Labute approximate surface area is 174 Å². The van der Waals surface area contributed by atoms with Gasteiger partial charge in [0.2, 0.25) is 0 Å². The smallest absolute Gasteiger partial charge is 0.167 e. The van der Waals surface area contributed by atoms with Crippen LogP contribution in [0, 0.1) is 0 Å². The van der Waals surface area contributed by atoms with Crippen LogP contribution in [0.3, 0.4) is 0 Å². The van der Waals surface area contributed by atoms with Crippen LogP contribution in [-0.4, -0.2) is 69.7 Å². The molecule has 2 aromatic rings. The van der Waals surface area contributed by atoms with Gasteiger partial charge < -0.3 is 20.1 Å². The minimum Gasteiger partial charge on any atom is -0.384 e. The Bertz CT molecular complexity index is 1020. The van der Waals surface area contributed by atoms with Crippen molar-refractivity contribution in [2.75, 3.05) is 49.9 Å². The zero-order chi connectivity index (χ0) is 20.6. The van der Waals surface area contributed by atoms with Crippen LogP contribution >= 0.6 is 11.6 Å². The lowest BCUT2D eigenvalue weighted by Gasteiger charge is -2.34. The van der Waals surface area contributed by atoms with Crippen molar-refractivity contribution in [3.63, 3.8) is 0 Å². The highest BCUT2D eigenvalue weighted by molar-refractivity contribution is 7.93. The van der Waals surface area contributed by atoms with Crippen LogP contribution in [-0.2, 0) is 19.2 Å². The van der Waals surface area contributed by atoms with E-state index in [0.717, 1.165) is 0 Å². The molecular formula is C18H23ClN6O3S. The molecule has 0 aliphatic carbocycles. The van der Waals surface area contributed by atoms with E-state index in [1.165, 1.54) is 0 Å².